The Morgan fingerprint density at radius 2 is 2.00 bits per heavy atom. The molecule has 0 radical (unpaired) electrons. The minimum Gasteiger partial charge on any atom is -0.302 e. The second-order valence-corrected chi connectivity index (χ2v) is 8.56. The van der Waals surface area contributed by atoms with Gasteiger partial charge in [-0.1, -0.05) is 23.7 Å². The molecule has 0 saturated carbocycles. The lowest BCUT2D eigenvalue weighted by Crippen LogP contribution is -2.23. The number of aromatic nitrogens is 3. The number of fused-ring (bicyclic) bond motifs is 1. The molecule has 3 heterocycles. The fraction of sp³-hybridized carbons (Fsp3) is 0.158. The third-order valence-electron chi connectivity index (χ3n) is 4.12. The number of halogens is 1. The first-order valence-electron chi connectivity index (χ1n) is 8.50. The summed E-state index contributed by atoms with van der Waals surface area (Å²) in [6.07, 6.45) is 4.14. The molecule has 0 bridgehead atoms. The van der Waals surface area contributed by atoms with E-state index in [1.54, 1.807) is 12.3 Å². The molecule has 1 amide bonds. The van der Waals surface area contributed by atoms with Gasteiger partial charge in [-0.15, -0.1) is 22.7 Å². The smallest absolute Gasteiger partial charge is 0.262 e. The lowest BCUT2D eigenvalue weighted by molar-refractivity contribution is -0.116. The number of rotatable bonds is 6. The summed E-state index contributed by atoms with van der Waals surface area (Å²) in [4.78, 5) is 34.8. The predicted octanol–water partition coefficient (Wildman–Crippen LogP) is 4.19. The fourth-order valence-electron chi connectivity index (χ4n) is 2.71. The lowest BCUT2D eigenvalue weighted by Gasteiger charge is -2.05. The van der Waals surface area contributed by atoms with E-state index < -0.39 is 0 Å². The van der Waals surface area contributed by atoms with Crippen LogP contribution in [0.2, 0.25) is 5.02 Å². The van der Waals surface area contributed by atoms with Crippen LogP contribution in [0, 0.1) is 0 Å². The van der Waals surface area contributed by atoms with Crippen LogP contribution in [-0.2, 0) is 17.8 Å². The minimum absolute atomic E-state index is 0.126. The Morgan fingerprint density at radius 1 is 1.18 bits per heavy atom. The normalized spacial score (nSPS) is 11.0. The van der Waals surface area contributed by atoms with E-state index in [4.69, 9.17) is 11.6 Å². The third-order valence-corrected chi connectivity index (χ3v) is 6.11. The maximum Gasteiger partial charge on any atom is 0.262 e. The van der Waals surface area contributed by atoms with Crippen LogP contribution >= 0.6 is 34.3 Å². The van der Waals surface area contributed by atoms with Gasteiger partial charge < -0.3 is 5.32 Å². The Morgan fingerprint density at radius 3 is 2.82 bits per heavy atom. The quantitative estimate of drug-likeness (QED) is 0.497. The van der Waals surface area contributed by atoms with Gasteiger partial charge in [-0.25, -0.2) is 9.97 Å². The fourth-order valence-corrected chi connectivity index (χ4v) is 4.42. The molecule has 9 heteroatoms. The van der Waals surface area contributed by atoms with Crippen molar-refractivity contribution in [2.75, 3.05) is 5.32 Å². The Bertz CT molecular complexity index is 1180. The molecule has 3 aromatic heterocycles. The molecule has 0 unspecified atom stereocenters. The molecule has 0 aliphatic heterocycles. The summed E-state index contributed by atoms with van der Waals surface area (Å²) in [5.74, 6) is -0.190. The van der Waals surface area contributed by atoms with E-state index in [2.05, 4.69) is 15.3 Å². The van der Waals surface area contributed by atoms with Gasteiger partial charge in [-0.3, -0.25) is 14.2 Å². The van der Waals surface area contributed by atoms with Gasteiger partial charge in [0.15, 0.2) is 5.13 Å². The van der Waals surface area contributed by atoms with Gasteiger partial charge in [0.25, 0.3) is 5.56 Å². The molecule has 6 nitrogen and oxygen atoms in total. The van der Waals surface area contributed by atoms with Crippen molar-refractivity contribution < 1.29 is 4.79 Å². The summed E-state index contributed by atoms with van der Waals surface area (Å²) in [6.45, 7) is 0.270. The number of hydrogen-bond acceptors (Lipinski definition) is 6. The van der Waals surface area contributed by atoms with Crippen molar-refractivity contribution in [3.63, 3.8) is 0 Å². The van der Waals surface area contributed by atoms with Gasteiger partial charge >= 0.3 is 0 Å². The number of carbonyl (C=O) groups is 1. The van der Waals surface area contributed by atoms with E-state index >= 15 is 0 Å². The van der Waals surface area contributed by atoms with Gasteiger partial charge in [0.05, 0.1) is 11.7 Å². The van der Waals surface area contributed by atoms with Gasteiger partial charge in [-0.2, -0.15) is 0 Å². The molecule has 0 saturated heterocycles. The zero-order valence-electron chi connectivity index (χ0n) is 14.6. The molecule has 4 rings (SSSR count). The number of amides is 1. The molecule has 1 N–H and O–H groups in total. The molecule has 4 aromatic rings. The predicted molar refractivity (Wildman–Crippen MR) is 113 cm³/mol. The molecule has 1 aromatic carbocycles. The van der Waals surface area contributed by atoms with Crippen LogP contribution in [-0.4, -0.2) is 20.4 Å². The number of nitrogens with one attached hydrogen (secondary N) is 1. The van der Waals surface area contributed by atoms with Crippen LogP contribution < -0.4 is 10.9 Å². The van der Waals surface area contributed by atoms with Crippen LogP contribution in [0.5, 0.6) is 0 Å². The molecule has 0 spiro atoms. The molecule has 28 heavy (non-hydrogen) atoms. The molecule has 142 valence electrons. The first-order chi connectivity index (χ1) is 13.6. The molecule has 0 fully saturated rings. The first kappa shape index (κ1) is 18.8. The van der Waals surface area contributed by atoms with E-state index in [-0.39, 0.29) is 24.4 Å². The highest BCUT2D eigenvalue weighted by Gasteiger charge is 2.10. The topological polar surface area (TPSA) is 76.9 Å². The molecule has 0 atom stereocenters. The van der Waals surface area contributed by atoms with Crippen LogP contribution in [0.15, 0.2) is 53.0 Å². The molecular formula is C19H15ClN4O2S2. The van der Waals surface area contributed by atoms with Gasteiger partial charge in [0.1, 0.15) is 4.83 Å². The van der Waals surface area contributed by atoms with Crippen molar-refractivity contribution in [2.45, 2.75) is 19.4 Å². The Balaban J connectivity index is 1.34. The Labute approximate surface area is 173 Å². The van der Waals surface area contributed by atoms with Crippen molar-refractivity contribution in [3.8, 4) is 0 Å². The average Bonchev–Trinajstić information content (AvgIpc) is 3.33. The van der Waals surface area contributed by atoms with E-state index in [9.17, 15) is 9.59 Å². The summed E-state index contributed by atoms with van der Waals surface area (Å²) in [6, 6.07) is 9.40. The Hall–Kier alpha value is -2.55. The maximum absolute atomic E-state index is 12.3. The highest BCUT2D eigenvalue weighted by molar-refractivity contribution is 7.16. The number of hydrogen-bond donors (Lipinski definition) is 1. The SMILES string of the molecule is O=C(CCn1cnc2sccc2c1=O)Nc1ncc(Cc2ccc(Cl)cc2)s1. The second kappa shape index (κ2) is 8.22. The highest BCUT2D eigenvalue weighted by Crippen LogP contribution is 2.22. The van der Waals surface area contributed by atoms with E-state index in [1.165, 1.54) is 33.6 Å². The summed E-state index contributed by atoms with van der Waals surface area (Å²) in [5.41, 5.74) is 1.00. The molecule has 0 aliphatic carbocycles. The summed E-state index contributed by atoms with van der Waals surface area (Å²) >= 11 is 8.76. The number of thiazole rings is 1. The number of anilines is 1. The van der Waals surface area contributed by atoms with Crippen molar-refractivity contribution in [1.29, 1.82) is 0 Å². The van der Waals surface area contributed by atoms with E-state index in [1.807, 2.05) is 29.6 Å². The third kappa shape index (κ3) is 4.30. The second-order valence-electron chi connectivity index (χ2n) is 6.12. The monoisotopic (exact) mass is 430 g/mol. The average molecular weight is 431 g/mol. The summed E-state index contributed by atoms with van der Waals surface area (Å²) in [5, 5.41) is 6.46. The van der Waals surface area contributed by atoms with Crippen LogP contribution in [0.4, 0.5) is 5.13 Å². The van der Waals surface area contributed by atoms with Crippen LogP contribution in [0.1, 0.15) is 16.9 Å². The van der Waals surface area contributed by atoms with Crippen molar-refractivity contribution in [1.82, 2.24) is 14.5 Å². The van der Waals surface area contributed by atoms with Crippen molar-refractivity contribution >= 4 is 55.5 Å². The first-order valence-corrected chi connectivity index (χ1v) is 10.6. The number of benzene rings is 1. The summed E-state index contributed by atoms with van der Waals surface area (Å²) in [7, 11) is 0. The van der Waals surface area contributed by atoms with Gasteiger partial charge in [0, 0.05) is 35.5 Å². The number of nitrogens with zero attached hydrogens (tertiary/aromatic N) is 3. The number of carbonyl (C=O) groups excluding carboxylic acids is 1. The molecule has 0 aliphatic rings. The number of aryl methyl sites for hydroxylation is 1. The largest absolute Gasteiger partial charge is 0.302 e. The molecular weight excluding hydrogens is 416 g/mol. The van der Waals surface area contributed by atoms with E-state index in [0.717, 1.165) is 16.9 Å². The van der Waals surface area contributed by atoms with Gasteiger partial charge in [-0.05, 0) is 29.1 Å². The van der Waals surface area contributed by atoms with E-state index in [0.29, 0.717) is 20.4 Å². The van der Waals surface area contributed by atoms with Gasteiger partial charge in [0.2, 0.25) is 5.91 Å². The highest BCUT2D eigenvalue weighted by atomic mass is 35.5. The maximum atomic E-state index is 12.3. The number of thiophene rings is 1. The summed E-state index contributed by atoms with van der Waals surface area (Å²) < 4.78 is 1.46. The zero-order chi connectivity index (χ0) is 19.5. The Kier molecular flexibility index (Phi) is 5.52. The zero-order valence-corrected chi connectivity index (χ0v) is 17.0. The van der Waals surface area contributed by atoms with Crippen LogP contribution in [0.3, 0.4) is 0 Å². The minimum atomic E-state index is -0.190. The standard InChI is InChI=1S/C19H15ClN4O2S2/c20-13-3-1-12(2-4-13)9-14-10-21-19(28-14)23-16(25)5-7-24-11-22-17-15(18(24)26)6-8-27-17/h1-4,6,8,10-11H,5,7,9H2,(H,21,23,25). The van der Waals surface area contributed by atoms with Crippen molar-refractivity contribution in [2.24, 2.45) is 0 Å². The van der Waals surface area contributed by atoms with Crippen molar-refractivity contribution in [3.05, 3.63) is 74.1 Å². The lowest BCUT2D eigenvalue weighted by atomic mass is 10.1. The van der Waals surface area contributed by atoms with Crippen LogP contribution in [0.25, 0.3) is 10.2 Å².